The summed E-state index contributed by atoms with van der Waals surface area (Å²) in [5.74, 6) is 0.659. The van der Waals surface area contributed by atoms with Crippen LogP contribution in [-0.2, 0) is 17.5 Å². The third-order valence-corrected chi connectivity index (χ3v) is 4.56. The number of carbonyl (C=O) groups excluding carboxylic acids is 1. The highest BCUT2D eigenvalue weighted by atomic mass is 19.4. The van der Waals surface area contributed by atoms with Crippen molar-refractivity contribution < 1.29 is 22.7 Å². The van der Waals surface area contributed by atoms with Crippen LogP contribution in [0.5, 0.6) is 0 Å². The molecule has 28 heavy (non-hydrogen) atoms. The number of alkyl halides is 3. The summed E-state index contributed by atoms with van der Waals surface area (Å²) in [6, 6.07) is 5.29. The Balaban J connectivity index is 1.55. The van der Waals surface area contributed by atoms with Gasteiger partial charge in [-0.3, -0.25) is 4.99 Å². The first-order chi connectivity index (χ1) is 13.0. The van der Waals surface area contributed by atoms with Crippen molar-refractivity contribution in [1.29, 1.82) is 0 Å². The smallest absolute Gasteiger partial charge is 0.416 e. The predicted octanol–water partition coefficient (Wildman–Crippen LogP) is 3.09. The second kappa shape index (κ2) is 7.52. The number of halogens is 3. The fourth-order valence-corrected chi connectivity index (χ4v) is 3.26. The van der Waals surface area contributed by atoms with Crippen LogP contribution in [0.4, 0.5) is 18.0 Å². The highest BCUT2D eigenvalue weighted by molar-refractivity contribution is 5.82. The summed E-state index contributed by atoms with van der Waals surface area (Å²) in [4.78, 5) is 20.5. The Morgan fingerprint density at radius 3 is 2.71 bits per heavy atom. The molecule has 6 nitrogen and oxygen atoms in total. The van der Waals surface area contributed by atoms with Gasteiger partial charge in [0.1, 0.15) is 5.60 Å². The lowest BCUT2D eigenvalue weighted by Gasteiger charge is -2.39. The zero-order chi connectivity index (χ0) is 20.5. The van der Waals surface area contributed by atoms with Crippen molar-refractivity contribution in [2.45, 2.75) is 45.1 Å². The summed E-state index contributed by atoms with van der Waals surface area (Å²) in [6.45, 7) is 7.88. The molecule has 0 aromatic heterocycles. The molecule has 1 amide bonds. The number of fused-ring (bicyclic) bond motifs is 1. The number of aliphatic imine (C=N–C) groups is 1. The third-order valence-electron chi connectivity index (χ3n) is 4.56. The fourth-order valence-electron chi connectivity index (χ4n) is 3.26. The van der Waals surface area contributed by atoms with E-state index in [9.17, 15) is 18.0 Å². The number of benzene rings is 1. The minimum absolute atomic E-state index is 0.0466. The third kappa shape index (κ3) is 4.88. The number of ether oxygens (including phenoxy) is 1. The van der Waals surface area contributed by atoms with Crippen molar-refractivity contribution in [2.75, 3.05) is 26.2 Å². The normalized spacial score (nSPS) is 19.9. The molecule has 1 aromatic rings. The topological polar surface area (TPSA) is 57.2 Å². The van der Waals surface area contributed by atoms with Gasteiger partial charge in [-0.15, -0.1) is 0 Å². The van der Waals surface area contributed by atoms with Gasteiger partial charge in [0, 0.05) is 26.2 Å². The van der Waals surface area contributed by atoms with Crippen LogP contribution in [0, 0.1) is 0 Å². The monoisotopic (exact) mass is 398 g/mol. The molecule has 1 unspecified atom stereocenters. The van der Waals surface area contributed by atoms with E-state index in [1.165, 1.54) is 6.07 Å². The van der Waals surface area contributed by atoms with E-state index >= 15 is 0 Å². The Kier molecular flexibility index (Phi) is 5.45. The molecule has 0 spiro atoms. The van der Waals surface area contributed by atoms with Crippen LogP contribution in [0.25, 0.3) is 0 Å². The maximum absolute atomic E-state index is 12.8. The van der Waals surface area contributed by atoms with E-state index in [0.717, 1.165) is 12.1 Å². The van der Waals surface area contributed by atoms with Gasteiger partial charge < -0.3 is 19.9 Å². The van der Waals surface area contributed by atoms with E-state index in [1.54, 1.807) is 11.0 Å². The quantitative estimate of drug-likeness (QED) is 0.832. The van der Waals surface area contributed by atoms with Crippen molar-refractivity contribution in [1.82, 2.24) is 15.1 Å². The molecule has 0 aliphatic carbocycles. The lowest BCUT2D eigenvalue weighted by Crippen LogP contribution is -2.57. The summed E-state index contributed by atoms with van der Waals surface area (Å²) >= 11 is 0. The molecular weight excluding hydrogens is 373 g/mol. The highest BCUT2D eigenvalue weighted by Crippen LogP contribution is 2.29. The average Bonchev–Trinajstić information content (AvgIpc) is 3.00. The van der Waals surface area contributed by atoms with Crippen LogP contribution < -0.4 is 5.32 Å². The minimum Gasteiger partial charge on any atom is -0.444 e. The second-order valence-corrected chi connectivity index (χ2v) is 7.99. The maximum Gasteiger partial charge on any atom is 0.416 e. The van der Waals surface area contributed by atoms with Gasteiger partial charge >= 0.3 is 12.3 Å². The van der Waals surface area contributed by atoms with Crippen molar-refractivity contribution in [2.24, 2.45) is 4.99 Å². The summed E-state index contributed by atoms with van der Waals surface area (Å²) in [5, 5.41) is 3.13. The lowest BCUT2D eigenvalue weighted by molar-refractivity contribution is -0.137. The first-order valence-electron chi connectivity index (χ1n) is 9.22. The fraction of sp³-hybridized carbons (Fsp3) is 0.579. The number of guanidine groups is 1. The van der Waals surface area contributed by atoms with Crippen molar-refractivity contribution >= 4 is 12.1 Å². The van der Waals surface area contributed by atoms with Gasteiger partial charge in [0.2, 0.25) is 0 Å². The average molecular weight is 398 g/mol. The van der Waals surface area contributed by atoms with E-state index in [0.29, 0.717) is 37.7 Å². The predicted molar refractivity (Wildman–Crippen MR) is 98.9 cm³/mol. The molecule has 2 heterocycles. The molecule has 0 bridgehead atoms. The van der Waals surface area contributed by atoms with E-state index in [1.807, 2.05) is 20.8 Å². The van der Waals surface area contributed by atoms with Crippen LogP contribution in [0.3, 0.4) is 0 Å². The Morgan fingerprint density at radius 2 is 2.04 bits per heavy atom. The lowest BCUT2D eigenvalue weighted by atomic mass is 10.1. The van der Waals surface area contributed by atoms with Gasteiger partial charge in [0.25, 0.3) is 0 Å². The number of rotatable bonds is 2. The summed E-state index contributed by atoms with van der Waals surface area (Å²) in [7, 11) is 0. The molecule has 1 fully saturated rings. The summed E-state index contributed by atoms with van der Waals surface area (Å²) in [6.07, 6.45) is -4.69. The van der Waals surface area contributed by atoms with Crippen LogP contribution in [-0.4, -0.2) is 59.7 Å². The standard InChI is InChI=1S/C19H25F3N4O2/c1-18(2,3)28-17(27)25-7-8-26-15(12-25)11-24-16(26)23-10-13-5-4-6-14(9-13)19(20,21)22/h4-6,9,15H,7-8,10-12H2,1-3H3,(H,23,24). The van der Waals surface area contributed by atoms with Gasteiger partial charge in [-0.05, 0) is 38.5 Å². The summed E-state index contributed by atoms with van der Waals surface area (Å²) in [5.41, 5.74) is -0.671. The van der Waals surface area contributed by atoms with E-state index in [-0.39, 0.29) is 18.7 Å². The number of piperazine rings is 1. The number of nitrogens with zero attached hydrogens (tertiary/aromatic N) is 3. The largest absolute Gasteiger partial charge is 0.444 e. The van der Waals surface area contributed by atoms with Gasteiger partial charge in [-0.25, -0.2) is 4.79 Å². The van der Waals surface area contributed by atoms with E-state index in [2.05, 4.69) is 15.2 Å². The molecule has 1 N–H and O–H groups in total. The number of carbonyl (C=O) groups is 1. The van der Waals surface area contributed by atoms with Crippen molar-refractivity contribution in [3.8, 4) is 0 Å². The van der Waals surface area contributed by atoms with Crippen LogP contribution >= 0.6 is 0 Å². The molecule has 1 saturated heterocycles. The number of hydrogen-bond acceptors (Lipinski definition) is 5. The molecular formula is C19H25F3N4O2. The first-order valence-corrected chi connectivity index (χ1v) is 9.22. The Morgan fingerprint density at radius 1 is 1.29 bits per heavy atom. The molecule has 3 rings (SSSR count). The van der Waals surface area contributed by atoms with Crippen molar-refractivity contribution in [3.63, 3.8) is 0 Å². The molecule has 1 atom stereocenters. The Bertz CT molecular complexity index is 758. The molecule has 1 aromatic carbocycles. The Hall–Kier alpha value is -2.45. The SMILES string of the molecule is CC(C)(C)OC(=O)N1CCN2C(NCc3cccc(C(F)(F)F)c3)=NCC2C1. The maximum atomic E-state index is 12.8. The molecule has 0 radical (unpaired) electrons. The van der Waals surface area contributed by atoms with Gasteiger partial charge in [-0.1, -0.05) is 12.1 Å². The Labute approximate surface area is 162 Å². The number of amides is 1. The highest BCUT2D eigenvalue weighted by Gasteiger charge is 2.36. The second-order valence-electron chi connectivity index (χ2n) is 7.99. The van der Waals surface area contributed by atoms with E-state index in [4.69, 9.17) is 4.74 Å². The molecule has 9 heteroatoms. The molecule has 0 saturated carbocycles. The van der Waals surface area contributed by atoms with Crippen LogP contribution in [0.1, 0.15) is 31.9 Å². The van der Waals surface area contributed by atoms with Gasteiger partial charge in [0.15, 0.2) is 5.96 Å². The van der Waals surface area contributed by atoms with Gasteiger partial charge in [-0.2, -0.15) is 13.2 Å². The van der Waals surface area contributed by atoms with E-state index < -0.39 is 17.3 Å². The first kappa shape index (κ1) is 20.3. The molecule has 154 valence electrons. The molecule has 2 aliphatic rings. The number of hydrogen-bond donors (Lipinski definition) is 1. The zero-order valence-corrected chi connectivity index (χ0v) is 16.2. The summed E-state index contributed by atoms with van der Waals surface area (Å²) < 4.78 is 43.9. The number of nitrogens with one attached hydrogen (secondary N) is 1. The van der Waals surface area contributed by atoms with Gasteiger partial charge in [0.05, 0.1) is 18.2 Å². The van der Waals surface area contributed by atoms with Crippen LogP contribution in [0.15, 0.2) is 29.3 Å². The molecule has 2 aliphatic heterocycles. The zero-order valence-electron chi connectivity index (χ0n) is 16.2. The van der Waals surface area contributed by atoms with Crippen molar-refractivity contribution in [3.05, 3.63) is 35.4 Å². The minimum atomic E-state index is -4.36. The van der Waals surface area contributed by atoms with Crippen LogP contribution in [0.2, 0.25) is 0 Å².